The topological polar surface area (TPSA) is 121 Å². The fourth-order valence-electron chi connectivity index (χ4n) is 5.22. The van der Waals surface area contributed by atoms with Gasteiger partial charge in [-0.15, -0.1) is 0 Å². The van der Waals surface area contributed by atoms with Crippen LogP contribution in [0.3, 0.4) is 0 Å². The van der Waals surface area contributed by atoms with Crippen LogP contribution < -0.4 is 10.2 Å². The predicted molar refractivity (Wildman–Crippen MR) is 161 cm³/mol. The van der Waals surface area contributed by atoms with Gasteiger partial charge in [-0.1, -0.05) is 12.1 Å². The number of rotatable bonds is 6. The van der Waals surface area contributed by atoms with Gasteiger partial charge in [0.1, 0.15) is 11.9 Å². The Hall–Kier alpha value is -4.86. The number of carbonyl (C=O) groups excluding carboxylic acids is 3. The van der Waals surface area contributed by atoms with Gasteiger partial charge in [0.15, 0.2) is 0 Å². The molecule has 0 radical (unpaired) electrons. The van der Waals surface area contributed by atoms with E-state index >= 15 is 0 Å². The standard InChI is InChI=1S/C32H35F3N6O4/c1-20-27(37-19-41(20)30(44)45-31(3,4)5)18-40(25-8-6-7-22(15-25)17-36)28-16-24(9-10-26(28)38-21(2)42)23-11-13-39(14-12-23)29(43)32(33,34)35/h6-10,15-16,19,23H,11-14,18H2,1-5H3,(H,38,42). The Bertz CT molecular complexity index is 1630. The number of aromatic nitrogens is 2. The molecule has 1 saturated heterocycles. The third kappa shape index (κ3) is 8.00. The summed E-state index contributed by atoms with van der Waals surface area (Å²) in [6.45, 7) is 8.44. The summed E-state index contributed by atoms with van der Waals surface area (Å²) < 4.78 is 45.8. The second kappa shape index (κ2) is 13.0. The lowest BCUT2D eigenvalue weighted by molar-refractivity contribution is -0.186. The van der Waals surface area contributed by atoms with Crippen molar-refractivity contribution in [3.8, 4) is 6.07 Å². The number of hydrogen-bond acceptors (Lipinski definition) is 7. The maximum Gasteiger partial charge on any atom is 0.471 e. The predicted octanol–water partition coefficient (Wildman–Crippen LogP) is 6.41. The van der Waals surface area contributed by atoms with Crippen molar-refractivity contribution in [2.45, 2.75) is 71.7 Å². The monoisotopic (exact) mass is 624 g/mol. The molecule has 0 spiro atoms. The van der Waals surface area contributed by atoms with Gasteiger partial charge in [-0.3, -0.25) is 9.59 Å². The Balaban J connectivity index is 1.75. The van der Waals surface area contributed by atoms with Crippen LogP contribution in [-0.4, -0.2) is 57.2 Å². The van der Waals surface area contributed by atoms with Gasteiger partial charge in [-0.05, 0) is 82.3 Å². The van der Waals surface area contributed by atoms with Gasteiger partial charge in [0.25, 0.3) is 0 Å². The number of benzene rings is 2. The molecule has 13 heteroatoms. The molecule has 238 valence electrons. The highest BCUT2D eigenvalue weighted by molar-refractivity contribution is 5.94. The van der Waals surface area contributed by atoms with Gasteiger partial charge < -0.3 is 19.9 Å². The second-order valence-electron chi connectivity index (χ2n) is 11.9. The van der Waals surface area contributed by atoms with E-state index in [1.54, 1.807) is 58.0 Å². The Morgan fingerprint density at radius 1 is 1.11 bits per heavy atom. The Labute approximate surface area is 259 Å². The molecule has 1 aliphatic heterocycles. The van der Waals surface area contributed by atoms with E-state index < -0.39 is 23.8 Å². The van der Waals surface area contributed by atoms with E-state index in [9.17, 15) is 32.8 Å². The van der Waals surface area contributed by atoms with Crippen molar-refractivity contribution in [3.63, 3.8) is 0 Å². The van der Waals surface area contributed by atoms with Crippen LogP contribution in [0, 0.1) is 18.3 Å². The zero-order chi connectivity index (χ0) is 33.1. The van der Waals surface area contributed by atoms with Gasteiger partial charge in [0.2, 0.25) is 5.91 Å². The molecule has 0 bridgehead atoms. The Kier molecular flexibility index (Phi) is 9.56. The minimum atomic E-state index is -4.92. The van der Waals surface area contributed by atoms with Gasteiger partial charge in [0, 0.05) is 25.7 Å². The molecular formula is C32H35F3N6O4. The number of nitrogens with zero attached hydrogens (tertiary/aromatic N) is 5. The molecular weight excluding hydrogens is 589 g/mol. The number of ether oxygens (including phenoxy) is 1. The molecule has 0 atom stereocenters. The second-order valence-corrected chi connectivity index (χ2v) is 11.9. The molecule has 1 fully saturated rings. The summed E-state index contributed by atoms with van der Waals surface area (Å²) >= 11 is 0. The molecule has 2 amide bonds. The number of imidazole rings is 1. The summed E-state index contributed by atoms with van der Waals surface area (Å²) in [5, 5.41) is 12.5. The quantitative estimate of drug-likeness (QED) is 0.336. The van der Waals surface area contributed by atoms with Crippen LogP contribution in [0.25, 0.3) is 0 Å². The van der Waals surface area contributed by atoms with E-state index in [1.165, 1.54) is 17.8 Å². The molecule has 0 saturated carbocycles. The average Bonchev–Trinajstić information content (AvgIpc) is 3.34. The molecule has 2 heterocycles. The van der Waals surface area contributed by atoms with E-state index in [2.05, 4.69) is 16.4 Å². The number of likely N-dealkylation sites (tertiary alicyclic amines) is 1. The molecule has 45 heavy (non-hydrogen) atoms. The van der Waals surface area contributed by atoms with Gasteiger partial charge in [-0.25, -0.2) is 14.3 Å². The molecule has 1 N–H and O–H groups in total. The smallest absolute Gasteiger partial charge is 0.443 e. The molecule has 0 aliphatic carbocycles. The summed E-state index contributed by atoms with van der Waals surface area (Å²) in [5.74, 6) is -2.31. The van der Waals surface area contributed by atoms with Crippen LogP contribution in [0.4, 0.5) is 35.0 Å². The highest BCUT2D eigenvalue weighted by Crippen LogP contribution is 2.39. The molecule has 1 aromatic heterocycles. The minimum absolute atomic E-state index is 0.0407. The van der Waals surface area contributed by atoms with Gasteiger partial charge >= 0.3 is 18.2 Å². The average molecular weight is 625 g/mol. The number of carbonyl (C=O) groups is 3. The molecule has 0 unspecified atom stereocenters. The van der Waals surface area contributed by atoms with Crippen molar-refractivity contribution in [2.75, 3.05) is 23.3 Å². The van der Waals surface area contributed by atoms with Crippen LogP contribution >= 0.6 is 0 Å². The zero-order valence-electron chi connectivity index (χ0n) is 25.7. The highest BCUT2D eigenvalue weighted by Gasteiger charge is 2.43. The third-order valence-corrected chi connectivity index (χ3v) is 7.41. The van der Waals surface area contributed by atoms with Crippen molar-refractivity contribution in [3.05, 3.63) is 71.3 Å². The highest BCUT2D eigenvalue weighted by atomic mass is 19.4. The van der Waals surface area contributed by atoms with Crippen molar-refractivity contribution in [1.82, 2.24) is 14.5 Å². The number of nitrogens with one attached hydrogen (secondary N) is 1. The van der Waals surface area contributed by atoms with Crippen molar-refractivity contribution in [2.24, 2.45) is 0 Å². The minimum Gasteiger partial charge on any atom is -0.443 e. The maximum absolute atomic E-state index is 13.0. The van der Waals surface area contributed by atoms with Crippen LogP contribution in [0.5, 0.6) is 0 Å². The van der Waals surface area contributed by atoms with Crippen LogP contribution in [0.1, 0.15) is 69.0 Å². The number of hydrogen-bond donors (Lipinski definition) is 1. The first-order valence-corrected chi connectivity index (χ1v) is 14.4. The van der Waals surface area contributed by atoms with Crippen molar-refractivity contribution in [1.29, 1.82) is 5.26 Å². The van der Waals surface area contributed by atoms with E-state index in [1.807, 2.05) is 17.0 Å². The first-order valence-electron chi connectivity index (χ1n) is 14.4. The van der Waals surface area contributed by atoms with E-state index in [0.717, 1.165) is 10.5 Å². The van der Waals surface area contributed by atoms with E-state index in [0.29, 0.717) is 46.9 Å². The van der Waals surface area contributed by atoms with Crippen LogP contribution in [-0.2, 0) is 20.9 Å². The van der Waals surface area contributed by atoms with Gasteiger partial charge in [0.05, 0.1) is 40.9 Å². The van der Waals surface area contributed by atoms with Crippen LogP contribution in [0.2, 0.25) is 0 Å². The number of halogens is 3. The summed E-state index contributed by atoms with van der Waals surface area (Å²) in [6.07, 6.45) is -3.49. The number of alkyl halides is 3. The molecule has 2 aromatic carbocycles. The lowest BCUT2D eigenvalue weighted by Crippen LogP contribution is -2.45. The SMILES string of the molecule is CC(=O)Nc1ccc(C2CCN(C(=O)C(F)(F)F)CC2)cc1N(Cc1ncn(C(=O)OC(C)(C)C)c1C)c1cccc(C#N)c1. The number of amides is 2. The fourth-order valence-corrected chi connectivity index (χ4v) is 5.22. The maximum atomic E-state index is 13.0. The van der Waals surface area contributed by atoms with E-state index in [-0.39, 0.29) is 31.5 Å². The molecule has 4 rings (SSSR count). The summed E-state index contributed by atoms with van der Waals surface area (Å²) in [6, 6.07) is 14.4. The van der Waals surface area contributed by atoms with Crippen molar-refractivity contribution < 1.29 is 32.3 Å². The fraction of sp³-hybridized carbons (Fsp3) is 0.406. The summed E-state index contributed by atoms with van der Waals surface area (Å²) in [7, 11) is 0. The molecule has 10 nitrogen and oxygen atoms in total. The lowest BCUT2D eigenvalue weighted by Gasteiger charge is -2.33. The molecule has 1 aliphatic rings. The lowest BCUT2D eigenvalue weighted by atomic mass is 9.88. The Morgan fingerprint density at radius 2 is 1.80 bits per heavy atom. The summed E-state index contributed by atoms with van der Waals surface area (Å²) in [4.78, 5) is 44.0. The third-order valence-electron chi connectivity index (χ3n) is 7.41. The number of nitriles is 1. The number of piperidine rings is 1. The Morgan fingerprint density at radius 3 is 2.40 bits per heavy atom. The first-order chi connectivity index (χ1) is 21.1. The van der Waals surface area contributed by atoms with Gasteiger partial charge in [-0.2, -0.15) is 18.4 Å². The summed E-state index contributed by atoms with van der Waals surface area (Å²) in [5.41, 5.74) is 3.17. The molecule has 3 aromatic rings. The van der Waals surface area contributed by atoms with E-state index in [4.69, 9.17) is 4.74 Å². The van der Waals surface area contributed by atoms with Crippen LogP contribution in [0.15, 0.2) is 48.8 Å². The zero-order valence-corrected chi connectivity index (χ0v) is 25.7. The normalized spacial score (nSPS) is 14.1. The largest absolute Gasteiger partial charge is 0.471 e. The first kappa shape index (κ1) is 33.0. The number of anilines is 3. The van der Waals surface area contributed by atoms with Crippen molar-refractivity contribution >= 4 is 35.0 Å².